The van der Waals surface area contributed by atoms with Crippen LogP contribution in [0.25, 0.3) is 0 Å². The summed E-state index contributed by atoms with van der Waals surface area (Å²) < 4.78 is 5.14. The van der Waals surface area contributed by atoms with Gasteiger partial charge in [-0.1, -0.05) is 89.4 Å². The molecule has 0 amide bonds. The molecule has 0 aromatic heterocycles. The molecule has 6 heteroatoms. The van der Waals surface area contributed by atoms with Crippen molar-refractivity contribution in [3.05, 3.63) is 140 Å². The van der Waals surface area contributed by atoms with Gasteiger partial charge in [0.25, 0.3) is 0 Å². The van der Waals surface area contributed by atoms with Gasteiger partial charge in [-0.3, -0.25) is 0 Å². The molecule has 0 saturated carbocycles. The van der Waals surface area contributed by atoms with E-state index in [4.69, 9.17) is 39.5 Å². The molecule has 34 heavy (non-hydrogen) atoms. The standard InChI is InChI=1S/C28H20Cl3NO2/c1-34-27(33)25-23-3-2-4-24(23)28(18-7-13-21(30)14-8-18,19-9-15-22(31)16-10-19)26(32-25)17-5-11-20(29)12-6-17/h2-16,26,32H,1H3. The number of carbonyl (C=O) groups is 1. The molecule has 5 rings (SSSR count). The lowest BCUT2D eigenvalue weighted by Crippen LogP contribution is -2.49. The third-order valence-electron chi connectivity index (χ3n) is 6.42. The van der Waals surface area contributed by atoms with Gasteiger partial charge in [0, 0.05) is 20.6 Å². The number of fused-ring (bicyclic) bond motifs is 1. The molecule has 0 bridgehead atoms. The van der Waals surface area contributed by atoms with Crippen molar-refractivity contribution in [3.63, 3.8) is 0 Å². The number of rotatable bonds is 4. The van der Waals surface area contributed by atoms with Gasteiger partial charge in [-0.2, -0.15) is 0 Å². The van der Waals surface area contributed by atoms with Gasteiger partial charge in [-0.15, -0.1) is 0 Å². The van der Waals surface area contributed by atoms with Gasteiger partial charge in [0.15, 0.2) is 0 Å². The van der Waals surface area contributed by atoms with Crippen molar-refractivity contribution >= 4 is 40.8 Å². The van der Waals surface area contributed by atoms with Crippen LogP contribution in [0.15, 0.2) is 108 Å². The van der Waals surface area contributed by atoms with Crippen LogP contribution in [-0.4, -0.2) is 13.1 Å². The summed E-state index contributed by atoms with van der Waals surface area (Å²) >= 11 is 18.8. The van der Waals surface area contributed by atoms with Crippen molar-refractivity contribution in [1.29, 1.82) is 0 Å². The van der Waals surface area contributed by atoms with E-state index in [1.807, 2.05) is 84.9 Å². The molecule has 2 aliphatic rings. The lowest BCUT2D eigenvalue weighted by Gasteiger charge is -2.48. The summed E-state index contributed by atoms with van der Waals surface area (Å²) in [6, 6.07) is 22.9. The zero-order chi connectivity index (χ0) is 23.9. The Morgan fingerprint density at radius 1 is 0.824 bits per heavy atom. The van der Waals surface area contributed by atoms with Gasteiger partial charge in [-0.05, 0) is 58.7 Å². The van der Waals surface area contributed by atoms with Gasteiger partial charge in [-0.25, -0.2) is 4.79 Å². The van der Waals surface area contributed by atoms with Crippen LogP contribution >= 0.6 is 34.8 Å². The van der Waals surface area contributed by atoms with Crippen molar-refractivity contribution in [2.45, 2.75) is 11.5 Å². The highest BCUT2D eigenvalue weighted by Gasteiger charge is 2.51. The maximum absolute atomic E-state index is 12.9. The topological polar surface area (TPSA) is 38.3 Å². The molecule has 170 valence electrons. The Morgan fingerprint density at radius 2 is 1.32 bits per heavy atom. The van der Waals surface area contributed by atoms with Crippen molar-refractivity contribution in [1.82, 2.24) is 5.32 Å². The van der Waals surface area contributed by atoms with Gasteiger partial charge < -0.3 is 10.1 Å². The molecule has 1 atom stereocenters. The first kappa shape index (κ1) is 22.8. The molecule has 1 aliphatic carbocycles. The number of allylic oxidation sites excluding steroid dienone is 4. The van der Waals surface area contributed by atoms with E-state index in [1.54, 1.807) is 0 Å². The molecule has 1 unspecified atom stereocenters. The van der Waals surface area contributed by atoms with E-state index >= 15 is 0 Å². The zero-order valence-corrected chi connectivity index (χ0v) is 20.5. The van der Waals surface area contributed by atoms with Crippen molar-refractivity contribution in [2.75, 3.05) is 7.11 Å². The maximum atomic E-state index is 12.9. The Labute approximate surface area is 213 Å². The van der Waals surface area contributed by atoms with Crippen molar-refractivity contribution in [3.8, 4) is 0 Å². The number of esters is 1. The van der Waals surface area contributed by atoms with E-state index in [1.165, 1.54) is 7.11 Å². The number of hydrogen-bond donors (Lipinski definition) is 1. The average molecular weight is 509 g/mol. The van der Waals surface area contributed by atoms with Crippen LogP contribution in [-0.2, 0) is 14.9 Å². The summed E-state index contributed by atoms with van der Waals surface area (Å²) in [4.78, 5) is 12.9. The molecule has 0 radical (unpaired) electrons. The first-order chi connectivity index (χ1) is 16.4. The van der Waals surface area contributed by atoms with Gasteiger partial charge in [0.05, 0.1) is 18.6 Å². The van der Waals surface area contributed by atoms with Crippen molar-refractivity contribution in [2.24, 2.45) is 0 Å². The minimum Gasteiger partial charge on any atom is -0.464 e. The predicted octanol–water partition coefficient (Wildman–Crippen LogP) is 7.20. The summed E-state index contributed by atoms with van der Waals surface area (Å²) in [7, 11) is 1.39. The number of halogens is 3. The summed E-state index contributed by atoms with van der Waals surface area (Å²) in [5.41, 5.74) is 4.48. The van der Waals surface area contributed by atoms with Crippen LogP contribution in [0, 0.1) is 0 Å². The second-order valence-electron chi connectivity index (χ2n) is 8.17. The lowest BCUT2D eigenvalue weighted by atomic mass is 9.59. The Balaban J connectivity index is 1.88. The largest absolute Gasteiger partial charge is 0.464 e. The van der Waals surface area contributed by atoms with Crippen molar-refractivity contribution < 1.29 is 9.53 Å². The average Bonchev–Trinajstić information content (AvgIpc) is 3.35. The predicted molar refractivity (Wildman–Crippen MR) is 137 cm³/mol. The van der Waals surface area contributed by atoms with Gasteiger partial charge >= 0.3 is 5.97 Å². The molecule has 3 aromatic carbocycles. The number of carbonyl (C=O) groups excluding carboxylic acids is 1. The van der Waals surface area contributed by atoms with E-state index in [-0.39, 0.29) is 6.04 Å². The molecular formula is C28H20Cl3NO2. The number of hydrogen-bond acceptors (Lipinski definition) is 3. The van der Waals surface area contributed by atoms with Gasteiger partial charge in [0.1, 0.15) is 5.70 Å². The molecule has 0 fully saturated rings. The number of methoxy groups -OCH3 is 1. The smallest absolute Gasteiger partial charge is 0.354 e. The van der Waals surface area contributed by atoms with E-state index in [2.05, 4.69) is 11.4 Å². The normalized spacial score (nSPS) is 18.2. The molecule has 1 heterocycles. The van der Waals surface area contributed by atoms with E-state index in [0.717, 1.165) is 27.8 Å². The fourth-order valence-corrected chi connectivity index (χ4v) is 5.34. The SMILES string of the molecule is COC(=O)C1=C2C=CC=C2C(c2ccc(Cl)cc2)(c2ccc(Cl)cc2)C(c2ccc(Cl)cc2)N1. The summed E-state index contributed by atoms with van der Waals surface area (Å²) in [6.45, 7) is 0. The molecule has 0 spiro atoms. The summed E-state index contributed by atoms with van der Waals surface area (Å²) in [5.74, 6) is -0.424. The minimum atomic E-state index is -0.709. The Bertz CT molecular complexity index is 1290. The Kier molecular flexibility index (Phi) is 6.03. The molecular weight excluding hydrogens is 489 g/mol. The second-order valence-corrected chi connectivity index (χ2v) is 9.48. The number of nitrogens with one attached hydrogen (secondary N) is 1. The zero-order valence-electron chi connectivity index (χ0n) is 18.2. The maximum Gasteiger partial charge on any atom is 0.354 e. The highest BCUT2D eigenvalue weighted by atomic mass is 35.5. The highest BCUT2D eigenvalue weighted by molar-refractivity contribution is 6.31. The molecule has 3 nitrogen and oxygen atoms in total. The fraction of sp³-hybridized carbons (Fsp3) is 0.107. The van der Waals surface area contributed by atoms with Crippen LogP contribution in [0.5, 0.6) is 0 Å². The Morgan fingerprint density at radius 3 is 1.82 bits per heavy atom. The lowest BCUT2D eigenvalue weighted by molar-refractivity contribution is -0.136. The third-order valence-corrected chi connectivity index (χ3v) is 7.18. The minimum absolute atomic E-state index is 0.365. The monoisotopic (exact) mass is 507 g/mol. The second kappa shape index (κ2) is 8.99. The van der Waals surface area contributed by atoms with E-state index in [9.17, 15) is 4.79 Å². The first-order valence-corrected chi connectivity index (χ1v) is 11.8. The van der Waals surface area contributed by atoms with Crippen LogP contribution < -0.4 is 5.32 Å². The van der Waals surface area contributed by atoms with E-state index in [0.29, 0.717) is 20.8 Å². The van der Waals surface area contributed by atoms with Gasteiger partial charge in [0.2, 0.25) is 0 Å². The van der Waals surface area contributed by atoms with Crippen LogP contribution in [0.1, 0.15) is 22.7 Å². The number of benzene rings is 3. The fourth-order valence-electron chi connectivity index (χ4n) is 4.96. The van der Waals surface area contributed by atoms with E-state index < -0.39 is 11.4 Å². The Hall–Kier alpha value is -2.98. The third kappa shape index (κ3) is 3.65. The molecule has 1 N–H and O–H groups in total. The van der Waals surface area contributed by atoms with Crippen LogP contribution in [0.3, 0.4) is 0 Å². The molecule has 3 aromatic rings. The number of ether oxygens (including phenoxy) is 1. The highest BCUT2D eigenvalue weighted by Crippen LogP contribution is 2.55. The summed E-state index contributed by atoms with van der Waals surface area (Å²) in [5, 5.41) is 5.46. The first-order valence-electron chi connectivity index (χ1n) is 10.7. The van der Waals surface area contributed by atoms with Crippen LogP contribution in [0.2, 0.25) is 15.1 Å². The summed E-state index contributed by atoms with van der Waals surface area (Å²) in [6.07, 6.45) is 5.96. The molecule has 1 aliphatic heterocycles. The van der Waals surface area contributed by atoms with Crippen LogP contribution in [0.4, 0.5) is 0 Å². The molecule has 0 saturated heterocycles. The quantitative estimate of drug-likeness (QED) is 0.379.